The average molecular weight is 285 g/mol. The Morgan fingerprint density at radius 2 is 2.21 bits per heavy atom. The van der Waals surface area contributed by atoms with E-state index in [2.05, 4.69) is 23.8 Å². The third-order valence-electron chi connectivity index (χ3n) is 2.78. The van der Waals surface area contributed by atoms with Crippen LogP contribution < -0.4 is 5.32 Å². The summed E-state index contributed by atoms with van der Waals surface area (Å²) < 4.78 is 26.1. The molecule has 2 N–H and O–H groups in total. The molecular formula is C13H23N3O2S. The molecule has 0 saturated heterocycles. The van der Waals surface area contributed by atoms with E-state index in [1.165, 1.54) is 4.31 Å². The first-order chi connectivity index (χ1) is 9.06. The van der Waals surface area contributed by atoms with Crippen LogP contribution in [0, 0.1) is 0 Å². The van der Waals surface area contributed by atoms with Crippen LogP contribution in [-0.2, 0) is 16.6 Å². The Hall–Kier alpha value is -1.11. The van der Waals surface area contributed by atoms with Gasteiger partial charge < -0.3 is 10.3 Å². The second-order valence-electron chi connectivity index (χ2n) is 4.28. The minimum absolute atomic E-state index is 0.310. The molecule has 1 aromatic rings. The molecule has 5 nitrogen and oxygen atoms in total. The van der Waals surface area contributed by atoms with Crippen molar-refractivity contribution < 1.29 is 8.42 Å². The van der Waals surface area contributed by atoms with E-state index in [1.54, 1.807) is 18.3 Å². The van der Waals surface area contributed by atoms with Crippen molar-refractivity contribution in [2.75, 3.05) is 19.6 Å². The second kappa shape index (κ2) is 7.47. The molecule has 0 aliphatic carbocycles. The molecule has 0 atom stereocenters. The topological polar surface area (TPSA) is 65.2 Å². The molecule has 0 aliphatic rings. The zero-order valence-corrected chi connectivity index (χ0v) is 12.5. The highest BCUT2D eigenvalue weighted by atomic mass is 32.2. The predicted octanol–water partition coefficient (Wildman–Crippen LogP) is 1.71. The van der Waals surface area contributed by atoms with Crippen molar-refractivity contribution in [2.45, 2.75) is 31.7 Å². The quantitative estimate of drug-likeness (QED) is 0.536. The van der Waals surface area contributed by atoms with Crippen molar-refractivity contribution in [1.29, 1.82) is 0 Å². The number of nitrogens with one attached hydrogen (secondary N) is 2. The highest BCUT2D eigenvalue weighted by molar-refractivity contribution is 7.89. The highest BCUT2D eigenvalue weighted by Gasteiger charge is 2.22. The molecule has 0 amide bonds. The minimum atomic E-state index is -3.42. The smallest absolute Gasteiger partial charge is 0.244 e. The summed E-state index contributed by atoms with van der Waals surface area (Å²) in [5.41, 5.74) is 0.877. The lowest BCUT2D eigenvalue weighted by Crippen LogP contribution is -2.30. The molecule has 0 aromatic carbocycles. The monoisotopic (exact) mass is 285 g/mol. The van der Waals surface area contributed by atoms with Gasteiger partial charge >= 0.3 is 0 Å². The lowest BCUT2D eigenvalue weighted by atomic mass is 10.4. The van der Waals surface area contributed by atoms with E-state index in [0.29, 0.717) is 24.5 Å². The molecule has 0 unspecified atom stereocenters. The summed E-state index contributed by atoms with van der Waals surface area (Å²) >= 11 is 0. The SMILES string of the molecule is C=CCN(CC)S(=O)(=O)c1c[nH]c(CNCCC)c1. The summed E-state index contributed by atoms with van der Waals surface area (Å²) in [5.74, 6) is 0. The van der Waals surface area contributed by atoms with Crippen LogP contribution in [0.1, 0.15) is 26.0 Å². The van der Waals surface area contributed by atoms with Gasteiger partial charge in [0.05, 0.1) is 4.90 Å². The van der Waals surface area contributed by atoms with Gasteiger partial charge in [-0.15, -0.1) is 6.58 Å². The minimum Gasteiger partial charge on any atom is -0.363 e. The number of H-pyrrole nitrogens is 1. The standard InChI is InChI=1S/C13H23N3O2S/c1-4-7-14-10-12-9-13(11-15-12)19(17,18)16(6-3)8-5-2/h5,9,11,14-15H,2,4,6-8,10H2,1,3H3. The number of likely N-dealkylation sites (N-methyl/N-ethyl adjacent to an activating group) is 1. The molecule has 6 heteroatoms. The van der Waals surface area contributed by atoms with Crippen molar-refractivity contribution in [3.63, 3.8) is 0 Å². The van der Waals surface area contributed by atoms with Crippen molar-refractivity contribution >= 4 is 10.0 Å². The number of sulfonamides is 1. The maximum atomic E-state index is 12.3. The number of nitrogens with zero attached hydrogens (tertiary/aromatic N) is 1. The van der Waals surface area contributed by atoms with Gasteiger partial charge in [-0.3, -0.25) is 0 Å². The van der Waals surface area contributed by atoms with Crippen molar-refractivity contribution in [3.8, 4) is 0 Å². The molecule has 108 valence electrons. The molecule has 1 heterocycles. The second-order valence-corrected chi connectivity index (χ2v) is 6.22. The summed E-state index contributed by atoms with van der Waals surface area (Å²) in [6.07, 6.45) is 4.19. The molecule has 0 fully saturated rings. The fourth-order valence-electron chi connectivity index (χ4n) is 1.76. The van der Waals surface area contributed by atoms with E-state index < -0.39 is 10.0 Å². The fourth-order valence-corrected chi connectivity index (χ4v) is 3.20. The molecular weight excluding hydrogens is 262 g/mol. The van der Waals surface area contributed by atoms with E-state index >= 15 is 0 Å². The molecule has 0 radical (unpaired) electrons. The van der Waals surface area contributed by atoms with Crippen LogP contribution >= 0.6 is 0 Å². The maximum absolute atomic E-state index is 12.3. The van der Waals surface area contributed by atoms with Crippen LogP contribution in [-0.4, -0.2) is 37.3 Å². The van der Waals surface area contributed by atoms with Gasteiger partial charge in [-0.1, -0.05) is 19.9 Å². The summed E-state index contributed by atoms with van der Waals surface area (Å²) in [7, 11) is -3.42. The fraction of sp³-hybridized carbons (Fsp3) is 0.538. The van der Waals surface area contributed by atoms with Gasteiger partial charge in [-0.05, 0) is 19.0 Å². The van der Waals surface area contributed by atoms with Crippen molar-refractivity contribution in [1.82, 2.24) is 14.6 Å². The van der Waals surface area contributed by atoms with Crippen LogP contribution in [0.5, 0.6) is 0 Å². The molecule has 1 aromatic heterocycles. The van der Waals surface area contributed by atoms with E-state index in [1.807, 2.05) is 6.92 Å². The number of hydrogen-bond donors (Lipinski definition) is 2. The van der Waals surface area contributed by atoms with Crippen LogP contribution in [0.3, 0.4) is 0 Å². The van der Waals surface area contributed by atoms with Crippen LogP contribution in [0.25, 0.3) is 0 Å². The Balaban J connectivity index is 2.81. The molecule has 0 saturated carbocycles. The third kappa shape index (κ3) is 4.19. The normalized spacial score (nSPS) is 11.9. The lowest BCUT2D eigenvalue weighted by molar-refractivity contribution is 0.460. The molecule has 19 heavy (non-hydrogen) atoms. The zero-order valence-electron chi connectivity index (χ0n) is 11.6. The van der Waals surface area contributed by atoms with Crippen LogP contribution in [0.15, 0.2) is 29.8 Å². The first kappa shape index (κ1) is 15.9. The lowest BCUT2D eigenvalue weighted by Gasteiger charge is -2.17. The summed E-state index contributed by atoms with van der Waals surface area (Å²) in [6, 6.07) is 1.68. The molecule has 0 aliphatic heterocycles. The largest absolute Gasteiger partial charge is 0.363 e. The van der Waals surface area contributed by atoms with Gasteiger partial charge in [0.15, 0.2) is 0 Å². The summed E-state index contributed by atoms with van der Waals surface area (Å²) in [6.45, 7) is 9.82. The van der Waals surface area contributed by atoms with E-state index in [-0.39, 0.29) is 0 Å². The van der Waals surface area contributed by atoms with Gasteiger partial charge in [-0.25, -0.2) is 8.42 Å². The van der Waals surface area contributed by atoms with E-state index in [0.717, 1.165) is 18.7 Å². The number of rotatable bonds is 9. The Morgan fingerprint density at radius 3 is 2.79 bits per heavy atom. The molecule has 1 rings (SSSR count). The Kier molecular flexibility index (Phi) is 6.27. The molecule has 0 spiro atoms. The van der Waals surface area contributed by atoms with Gasteiger partial charge in [0.1, 0.15) is 0 Å². The van der Waals surface area contributed by atoms with Gasteiger partial charge in [-0.2, -0.15) is 4.31 Å². The Labute approximate surface area is 115 Å². The summed E-state index contributed by atoms with van der Waals surface area (Å²) in [5, 5.41) is 3.23. The van der Waals surface area contributed by atoms with Crippen LogP contribution in [0.4, 0.5) is 0 Å². The van der Waals surface area contributed by atoms with E-state index in [9.17, 15) is 8.42 Å². The predicted molar refractivity (Wildman–Crippen MR) is 77.4 cm³/mol. The Bertz CT molecular complexity index is 494. The third-order valence-corrected chi connectivity index (χ3v) is 4.70. The van der Waals surface area contributed by atoms with Crippen molar-refractivity contribution in [3.05, 3.63) is 30.6 Å². The van der Waals surface area contributed by atoms with Gasteiger partial charge in [0, 0.05) is 31.5 Å². The number of aromatic amines is 1. The first-order valence-corrected chi connectivity index (χ1v) is 7.99. The average Bonchev–Trinajstić information content (AvgIpc) is 2.85. The van der Waals surface area contributed by atoms with Gasteiger partial charge in [0.2, 0.25) is 10.0 Å². The summed E-state index contributed by atoms with van der Waals surface area (Å²) in [4.78, 5) is 3.31. The van der Waals surface area contributed by atoms with E-state index in [4.69, 9.17) is 0 Å². The Morgan fingerprint density at radius 1 is 1.47 bits per heavy atom. The van der Waals surface area contributed by atoms with Crippen molar-refractivity contribution in [2.24, 2.45) is 0 Å². The molecule has 0 bridgehead atoms. The zero-order chi connectivity index (χ0) is 14.3. The van der Waals surface area contributed by atoms with Gasteiger partial charge in [0.25, 0.3) is 0 Å². The van der Waals surface area contributed by atoms with Crippen LogP contribution in [0.2, 0.25) is 0 Å². The highest BCUT2D eigenvalue weighted by Crippen LogP contribution is 2.16. The maximum Gasteiger partial charge on any atom is 0.244 e. The number of aromatic nitrogens is 1. The first-order valence-electron chi connectivity index (χ1n) is 6.55. The number of hydrogen-bond acceptors (Lipinski definition) is 3.